The number of aliphatic carboxylic acids is 1. The Morgan fingerprint density at radius 2 is 2.00 bits per heavy atom. The average molecular weight is 425 g/mol. The molecule has 0 amide bonds. The van der Waals surface area contributed by atoms with Gasteiger partial charge in [0, 0.05) is 12.3 Å². The number of carboxylic acid groups (broad SMARTS) is 1. The minimum atomic E-state index is -3.89. The zero-order chi connectivity index (χ0) is 21.8. The zero-order valence-corrected chi connectivity index (χ0v) is 15.4. The number of carbonyl (C=O) groups is 1. The van der Waals surface area contributed by atoms with Crippen LogP contribution in [0.2, 0.25) is 0 Å². The predicted octanol–water partition coefficient (Wildman–Crippen LogP) is -0.387. The van der Waals surface area contributed by atoms with Gasteiger partial charge in [-0.25, -0.2) is 33.4 Å². The van der Waals surface area contributed by atoms with Gasteiger partial charge in [0.2, 0.25) is 10.9 Å². The molecule has 0 bridgehead atoms. The summed E-state index contributed by atoms with van der Waals surface area (Å²) in [7, 11) is -3.89. The lowest BCUT2D eigenvalue weighted by molar-refractivity contribution is -0.132. The van der Waals surface area contributed by atoms with Crippen LogP contribution in [0.5, 0.6) is 5.75 Å². The molecule has 0 aliphatic carbocycles. The Morgan fingerprint density at radius 1 is 1.31 bits per heavy atom. The number of carboxylic acids is 1. The third-order valence-corrected chi connectivity index (χ3v) is 4.12. The van der Waals surface area contributed by atoms with Crippen molar-refractivity contribution in [1.29, 1.82) is 0 Å². The summed E-state index contributed by atoms with van der Waals surface area (Å²) in [6.45, 7) is 0. The van der Waals surface area contributed by atoms with E-state index in [1.165, 1.54) is 12.1 Å². The molecule has 0 saturated heterocycles. The van der Waals surface area contributed by atoms with E-state index in [-0.39, 0.29) is 17.0 Å². The van der Waals surface area contributed by atoms with Crippen molar-refractivity contribution in [2.45, 2.75) is 5.03 Å². The van der Waals surface area contributed by atoms with Gasteiger partial charge >= 0.3 is 5.97 Å². The Hall–Kier alpha value is -3.76. The van der Waals surface area contributed by atoms with E-state index >= 15 is 0 Å². The minimum absolute atomic E-state index is 0.131. The maximum absolute atomic E-state index is 14.2. The van der Waals surface area contributed by atoms with Crippen molar-refractivity contribution >= 4 is 15.8 Å². The highest BCUT2D eigenvalue weighted by molar-refractivity contribution is 7.90. The summed E-state index contributed by atoms with van der Waals surface area (Å²) in [5, 5.41) is 7.97. The highest BCUT2D eigenvalue weighted by atomic mass is 32.2. The van der Waals surface area contributed by atoms with Crippen LogP contribution >= 0.6 is 0 Å². The van der Waals surface area contributed by atoms with Crippen molar-refractivity contribution in [3.63, 3.8) is 0 Å². The van der Waals surface area contributed by atoms with Gasteiger partial charge in [-0.2, -0.15) is 4.39 Å². The number of halogens is 2. The number of benzene rings is 1. The summed E-state index contributed by atoms with van der Waals surface area (Å²) in [5.74, 6) is 5.52. The highest BCUT2D eigenvalue weighted by Crippen LogP contribution is 2.18. The fraction of sp³-hybridized carbons (Fsp3) is 0.0625. The van der Waals surface area contributed by atoms with E-state index in [1.807, 2.05) is 5.43 Å². The molecule has 10 nitrogen and oxygen atoms in total. The molecule has 29 heavy (non-hydrogen) atoms. The summed E-state index contributed by atoms with van der Waals surface area (Å²) in [6.07, 6.45) is 1.70. The number of hydrogen-bond acceptors (Lipinski definition) is 9. The number of rotatable bonds is 5. The van der Waals surface area contributed by atoms with Crippen LogP contribution in [0.1, 0.15) is 11.3 Å². The first-order valence-corrected chi connectivity index (χ1v) is 9.33. The lowest BCUT2D eigenvalue weighted by Crippen LogP contribution is -2.31. The van der Waals surface area contributed by atoms with Crippen LogP contribution in [0.3, 0.4) is 0 Å². The van der Waals surface area contributed by atoms with Gasteiger partial charge in [-0.05, 0) is 18.1 Å². The topological polar surface area (TPSA) is 171 Å². The molecular weight excluding hydrogens is 412 g/mol. The normalized spacial score (nSPS) is 11.7. The molecule has 13 heteroatoms. The molecule has 1 aromatic carbocycles. The molecule has 2 rings (SSSR count). The van der Waals surface area contributed by atoms with Crippen molar-refractivity contribution in [2.24, 2.45) is 11.6 Å². The second-order valence-corrected chi connectivity index (χ2v) is 7.24. The molecule has 1 aromatic heterocycles. The largest absolute Gasteiger partial charge is 0.476 e. The van der Waals surface area contributed by atoms with Crippen molar-refractivity contribution < 1.29 is 31.8 Å². The second kappa shape index (κ2) is 8.50. The quantitative estimate of drug-likeness (QED) is 0.163. The maximum atomic E-state index is 14.2. The van der Waals surface area contributed by atoms with Gasteiger partial charge in [0.25, 0.3) is 5.95 Å². The van der Waals surface area contributed by atoms with Gasteiger partial charge in [0.05, 0.1) is 11.8 Å². The van der Waals surface area contributed by atoms with Crippen molar-refractivity contribution in [3.8, 4) is 17.6 Å². The van der Waals surface area contributed by atoms with Crippen LogP contribution in [0, 0.1) is 23.6 Å². The zero-order valence-electron chi connectivity index (χ0n) is 14.6. The number of ether oxygens (including phenoxy) is 1. The standard InChI is InChI=1S/C16H13F2N5O5S/c1-29(26,27)15-13(18)22-9(7-21-15)4-2-8-3-5-10(6-11(8)17)28-14(23-20)12(19)16(24)25/h3,5-7,23H,19-20H2,1H3,(H,24,25)/b14-12+. The second-order valence-electron chi connectivity index (χ2n) is 5.31. The first-order chi connectivity index (χ1) is 13.5. The average Bonchev–Trinajstić information content (AvgIpc) is 2.63. The summed E-state index contributed by atoms with van der Waals surface area (Å²) < 4.78 is 55.5. The third kappa shape index (κ3) is 5.37. The van der Waals surface area contributed by atoms with E-state index in [0.717, 1.165) is 18.5 Å². The van der Waals surface area contributed by atoms with Gasteiger partial charge in [0.1, 0.15) is 17.3 Å². The lowest BCUT2D eigenvalue weighted by Gasteiger charge is -2.10. The van der Waals surface area contributed by atoms with Crippen molar-refractivity contribution in [2.75, 3.05) is 6.26 Å². The van der Waals surface area contributed by atoms with Crippen LogP contribution < -0.4 is 21.7 Å². The number of nitrogens with two attached hydrogens (primary N) is 2. The number of nitrogens with zero attached hydrogens (tertiary/aromatic N) is 2. The summed E-state index contributed by atoms with van der Waals surface area (Å²) in [6, 6.07) is 3.32. The number of hydrogen-bond donors (Lipinski definition) is 4. The van der Waals surface area contributed by atoms with Gasteiger partial charge < -0.3 is 15.6 Å². The molecule has 152 valence electrons. The molecule has 0 unspecified atom stereocenters. The van der Waals surface area contributed by atoms with Crippen LogP contribution in [0.15, 0.2) is 41.0 Å². The molecule has 2 aromatic rings. The smallest absolute Gasteiger partial charge is 0.357 e. The molecule has 1 heterocycles. The fourth-order valence-corrected chi connectivity index (χ4v) is 2.43. The van der Waals surface area contributed by atoms with Crippen LogP contribution in [0.25, 0.3) is 0 Å². The first kappa shape index (κ1) is 21.5. The van der Waals surface area contributed by atoms with Gasteiger partial charge in [-0.15, -0.1) is 0 Å². The first-order valence-electron chi connectivity index (χ1n) is 7.44. The Morgan fingerprint density at radius 3 is 2.52 bits per heavy atom. The minimum Gasteiger partial charge on any atom is -0.476 e. The summed E-state index contributed by atoms with van der Waals surface area (Å²) in [4.78, 5) is 17.6. The number of nitrogens with one attached hydrogen (secondary N) is 1. The number of sulfone groups is 1. The van der Waals surface area contributed by atoms with E-state index in [4.69, 9.17) is 21.4 Å². The van der Waals surface area contributed by atoms with E-state index in [9.17, 15) is 22.0 Å². The highest BCUT2D eigenvalue weighted by Gasteiger charge is 2.17. The lowest BCUT2D eigenvalue weighted by atomic mass is 10.2. The van der Waals surface area contributed by atoms with Gasteiger partial charge in [-0.1, -0.05) is 5.92 Å². The number of hydrazine groups is 1. The van der Waals surface area contributed by atoms with Crippen LogP contribution in [-0.2, 0) is 14.6 Å². The van der Waals surface area contributed by atoms with Gasteiger partial charge in [0.15, 0.2) is 15.5 Å². The van der Waals surface area contributed by atoms with E-state index in [1.54, 1.807) is 0 Å². The van der Waals surface area contributed by atoms with E-state index in [0.29, 0.717) is 0 Å². The number of aromatic nitrogens is 2. The maximum Gasteiger partial charge on any atom is 0.357 e. The molecule has 0 radical (unpaired) electrons. The molecule has 6 N–H and O–H groups in total. The Labute approximate surface area is 163 Å². The van der Waals surface area contributed by atoms with Crippen LogP contribution in [0.4, 0.5) is 8.78 Å². The Kier molecular flexibility index (Phi) is 6.32. The van der Waals surface area contributed by atoms with E-state index < -0.39 is 44.2 Å². The fourth-order valence-electron chi connectivity index (χ4n) is 1.83. The summed E-state index contributed by atoms with van der Waals surface area (Å²) in [5.41, 5.74) is 6.12. The van der Waals surface area contributed by atoms with E-state index in [2.05, 4.69) is 21.8 Å². The van der Waals surface area contributed by atoms with Gasteiger partial charge in [-0.3, -0.25) is 5.43 Å². The summed E-state index contributed by atoms with van der Waals surface area (Å²) >= 11 is 0. The molecule has 0 saturated carbocycles. The van der Waals surface area contributed by atoms with Crippen molar-refractivity contribution in [3.05, 3.63) is 59.0 Å². The Balaban J connectivity index is 2.28. The monoisotopic (exact) mass is 425 g/mol. The molecule has 0 fully saturated rings. The molecule has 0 aliphatic rings. The SMILES string of the molecule is CS(=O)(=O)c1ncc(C#Cc2ccc(O/C(NN)=C(/N)C(=O)O)cc2F)nc1F. The van der Waals surface area contributed by atoms with Crippen molar-refractivity contribution in [1.82, 2.24) is 15.4 Å². The molecular formula is C16H13F2N5O5S. The third-order valence-electron chi connectivity index (χ3n) is 3.14. The Bertz CT molecular complexity index is 1170. The molecule has 0 aliphatic heterocycles. The predicted molar refractivity (Wildman–Crippen MR) is 94.3 cm³/mol. The van der Waals surface area contributed by atoms with Crippen LogP contribution in [-0.4, -0.2) is 35.7 Å². The molecule has 0 spiro atoms. The molecule has 0 atom stereocenters.